The molecular weight excluding hydrogens is 689 g/mol. The van der Waals surface area contributed by atoms with Crippen molar-refractivity contribution in [2.45, 2.75) is 94.8 Å². The summed E-state index contributed by atoms with van der Waals surface area (Å²) in [7, 11) is -0.393. The Morgan fingerprint density at radius 2 is 1.90 bits per heavy atom. The van der Waals surface area contributed by atoms with Crippen molar-refractivity contribution < 1.29 is 37.0 Å². The summed E-state index contributed by atoms with van der Waals surface area (Å²) < 4.78 is 47.8. The first-order chi connectivity index (χ1) is 24.8. The van der Waals surface area contributed by atoms with Gasteiger partial charge < -0.3 is 24.4 Å². The van der Waals surface area contributed by atoms with Gasteiger partial charge in [0.2, 0.25) is 15.9 Å². The van der Waals surface area contributed by atoms with Gasteiger partial charge in [0, 0.05) is 48.7 Å². The minimum Gasteiger partial charge on any atom is -0.496 e. The fourth-order valence-corrected chi connectivity index (χ4v) is 8.59. The zero-order valence-corrected chi connectivity index (χ0v) is 31.0. The zero-order chi connectivity index (χ0) is 36.9. The second kappa shape index (κ2) is 13.8. The smallest absolute Gasteiger partial charge is 0.259 e. The number of nitrogens with zero attached hydrogens (tertiary/aromatic N) is 4. The van der Waals surface area contributed by atoms with Gasteiger partial charge in [0.25, 0.3) is 11.8 Å². The maximum Gasteiger partial charge on any atom is 0.259 e. The van der Waals surface area contributed by atoms with Crippen molar-refractivity contribution in [1.29, 1.82) is 0 Å². The molecule has 5 atom stereocenters. The topological polar surface area (TPSA) is 171 Å². The van der Waals surface area contributed by atoms with Crippen LogP contribution in [-0.2, 0) is 36.2 Å². The first-order valence-electron chi connectivity index (χ1n) is 17.9. The summed E-state index contributed by atoms with van der Waals surface area (Å²) in [5, 5.41) is 7.67. The van der Waals surface area contributed by atoms with E-state index in [-0.39, 0.29) is 31.2 Å². The summed E-state index contributed by atoms with van der Waals surface area (Å²) in [5.41, 5.74) is 2.24. The van der Waals surface area contributed by atoms with E-state index < -0.39 is 50.9 Å². The average Bonchev–Trinajstić information content (AvgIpc) is 4.01. The van der Waals surface area contributed by atoms with Gasteiger partial charge in [0.05, 0.1) is 30.1 Å². The average molecular weight is 735 g/mol. The first-order valence-corrected chi connectivity index (χ1v) is 19.5. The van der Waals surface area contributed by atoms with Crippen LogP contribution >= 0.6 is 0 Å². The number of hydrogen-bond acceptors (Lipinski definition) is 10. The van der Waals surface area contributed by atoms with Crippen molar-refractivity contribution in [2.75, 3.05) is 20.3 Å². The van der Waals surface area contributed by atoms with E-state index in [1.54, 1.807) is 18.7 Å². The van der Waals surface area contributed by atoms with E-state index in [4.69, 9.17) is 19.2 Å². The molecule has 2 aliphatic heterocycles. The van der Waals surface area contributed by atoms with E-state index in [2.05, 4.69) is 15.1 Å². The lowest BCUT2D eigenvalue weighted by atomic mass is 10.1. The Balaban J connectivity index is 1.21. The highest BCUT2D eigenvalue weighted by Crippen LogP contribution is 2.46. The number of hydrogen-bond donors (Lipinski definition) is 2. The third kappa shape index (κ3) is 6.87. The molecule has 3 amide bonds. The van der Waals surface area contributed by atoms with Crippen LogP contribution in [0.5, 0.6) is 11.5 Å². The summed E-state index contributed by atoms with van der Waals surface area (Å²) in [5.74, 6) is -0.890. The van der Waals surface area contributed by atoms with E-state index in [1.807, 2.05) is 57.3 Å². The Bertz CT molecular complexity index is 2040. The number of sulfonamides is 1. The number of aryl methyl sites for hydroxylation is 3. The van der Waals surface area contributed by atoms with Gasteiger partial charge in [-0.05, 0) is 77.5 Å². The molecule has 2 saturated carbocycles. The molecule has 15 heteroatoms. The Hall–Kier alpha value is -4.50. The quantitative estimate of drug-likeness (QED) is 0.344. The second-order valence-electron chi connectivity index (χ2n) is 14.5. The lowest BCUT2D eigenvalue weighted by Gasteiger charge is -2.28. The van der Waals surface area contributed by atoms with Gasteiger partial charge in [-0.3, -0.25) is 23.8 Å². The van der Waals surface area contributed by atoms with Gasteiger partial charge in [-0.25, -0.2) is 13.4 Å². The van der Waals surface area contributed by atoms with Crippen molar-refractivity contribution in [3.05, 3.63) is 47.7 Å². The van der Waals surface area contributed by atoms with E-state index in [9.17, 15) is 22.8 Å². The number of ether oxygens (including phenoxy) is 3. The van der Waals surface area contributed by atoms with Crippen molar-refractivity contribution in [1.82, 2.24) is 29.7 Å². The minimum absolute atomic E-state index is 0.0835. The maximum atomic E-state index is 14.3. The van der Waals surface area contributed by atoms with Crippen molar-refractivity contribution in [3.8, 4) is 22.9 Å². The number of rotatable bonds is 7. The van der Waals surface area contributed by atoms with Crippen LogP contribution in [0, 0.1) is 19.8 Å². The van der Waals surface area contributed by atoms with Gasteiger partial charge >= 0.3 is 0 Å². The Labute approximate surface area is 303 Å². The molecule has 3 fully saturated rings. The van der Waals surface area contributed by atoms with Gasteiger partial charge in [-0.2, -0.15) is 5.10 Å². The highest BCUT2D eigenvalue weighted by molar-refractivity contribution is 7.91. The van der Waals surface area contributed by atoms with Crippen LogP contribution in [0.15, 0.2) is 36.4 Å². The summed E-state index contributed by atoms with van der Waals surface area (Å²) in [6.07, 6.45) is 6.01. The normalized spacial score (nSPS) is 26.9. The summed E-state index contributed by atoms with van der Waals surface area (Å²) in [6, 6.07) is 6.47. The molecule has 4 heterocycles. The van der Waals surface area contributed by atoms with Gasteiger partial charge in [-0.15, -0.1) is 0 Å². The van der Waals surface area contributed by atoms with Crippen LogP contribution in [0.25, 0.3) is 22.3 Å². The molecule has 0 bridgehead atoms. The highest BCUT2D eigenvalue weighted by Gasteiger charge is 2.62. The fraction of sp³-hybridized carbons (Fsp3) is 0.541. The minimum atomic E-state index is -3.85. The van der Waals surface area contributed by atoms with Crippen LogP contribution < -0.4 is 19.5 Å². The molecule has 0 radical (unpaired) electrons. The van der Waals surface area contributed by atoms with E-state index in [0.717, 1.165) is 35.9 Å². The number of allylic oxidation sites excluding steroid dienone is 1. The number of fused-ring (bicyclic) bond motifs is 3. The predicted molar refractivity (Wildman–Crippen MR) is 192 cm³/mol. The summed E-state index contributed by atoms with van der Waals surface area (Å²) >= 11 is 0. The third-order valence-electron chi connectivity index (χ3n) is 10.7. The van der Waals surface area contributed by atoms with Crippen molar-refractivity contribution in [3.63, 3.8) is 0 Å². The van der Waals surface area contributed by atoms with Gasteiger partial charge in [-0.1, -0.05) is 12.2 Å². The SMILES string of the molecule is COc1ccc2c(OC3CC4C(=O)NC5(C(=O)NS(=O)(=O)C6CC6)CC5C=CCCCCOC(C)C(=O)N4C3)cc(-c3cc(C)n(C)n3)nc2c1C. The van der Waals surface area contributed by atoms with E-state index in [1.165, 1.54) is 4.90 Å². The van der Waals surface area contributed by atoms with Crippen LogP contribution in [0.3, 0.4) is 0 Å². The molecule has 0 spiro atoms. The molecule has 4 aliphatic rings. The molecule has 3 aromatic rings. The Kier molecular flexibility index (Phi) is 9.53. The van der Waals surface area contributed by atoms with Crippen molar-refractivity contribution >= 4 is 38.6 Å². The third-order valence-corrected chi connectivity index (χ3v) is 12.5. The molecule has 5 unspecified atom stereocenters. The van der Waals surface area contributed by atoms with Crippen molar-refractivity contribution in [2.24, 2.45) is 13.0 Å². The zero-order valence-electron chi connectivity index (χ0n) is 30.2. The Morgan fingerprint density at radius 3 is 2.62 bits per heavy atom. The molecule has 2 aromatic heterocycles. The fourth-order valence-electron chi connectivity index (χ4n) is 7.23. The van der Waals surface area contributed by atoms with Crippen LogP contribution in [-0.4, -0.2) is 95.1 Å². The molecule has 2 N–H and O–H groups in total. The van der Waals surface area contributed by atoms with Gasteiger partial charge in [0.1, 0.15) is 41.0 Å². The Morgan fingerprint density at radius 1 is 1.12 bits per heavy atom. The van der Waals surface area contributed by atoms with Crippen LogP contribution in [0.4, 0.5) is 0 Å². The molecule has 278 valence electrons. The number of pyridine rings is 1. The first kappa shape index (κ1) is 35.9. The monoisotopic (exact) mass is 734 g/mol. The predicted octanol–water partition coefficient (Wildman–Crippen LogP) is 3.24. The number of carbonyl (C=O) groups excluding carboxylic acids is 3. The number of aromatic nitrogens is 3. The molecule has 7 rings (SSSR count). The molecule has 1 saturated heterocycles. The van der Waals surface area contributed by atoms with E-state index in [0.29, 0.717) is 47.9 Å². The summed E-state index contributed by atoms with van der Waals surface area (Å²) in [4.78, 5) is 48.3. The number of methoxy groups -OCH3 is 1. The highest BCUT2D eigenvalue weighted by atomic mass is 32.2. The number of carbonyl (C=O) groups is 3. The van der Waals surface area contributed by atoms with Crippen LogP contribution in [0.2, 0.25) is 0 Å². The molecule has 14 nitrogen and oxygen atoms in total. The number of nitrogens with one attached hydrogen (secondary N) is 2. The summed E-state index contributed by atoms with van der Waals surface area (Å²) in [6.45, 7) is 6.01. The van der Waals surface area contributed by atoms with Crippen LogP contribution in [0.1, 0.15) is 63.1 Å². The second-order valence-corrected chi connectivity index (χ2v) is 16.4. The molecule has 2 aliphatic carbocycles. The lowest BCUT2D eigenvalue weighted by Crippen LogP contribution is -2.57. The molecular formula is C37H46N6O8S. The lowest BCUT2D eigenvalue weighted by molar-refractivity contribution is -0.147. The van der Waals surface area contributed by atoms with E-state index >= 15 is 0 Å². The maximum absolute atomic E-state index is 14.3. The molecule has 52 heavy (non-hydrogen) atoms. The van der Waals surface area contributed by atoms with Gasteiger partial charge in [0.15, 0.2) is 0 Å². The number of amides is 3. The number of benzene rings is 1. The molecule has 1 aromatic carbocycles. The standard InChI is InChI=1S/C37H46N6O8S/c1-21-16-29(40-42(21)4)28-18-32(27-13-14-31(49-5)22(2)33(27)38-28)51-25-17-30-34(44)39-37(36(46)41-52(47,48)26-11-12-26)19-24(37)10-8-6-7-9-15-50-23(3)35(45)43(30)20-25/h8,10,13-14,16,18,23-26,30H,6-7,9,11-12,15,17,19-20H2,1-5H3,(H,39,44)(H,41,46). The largest absolute Gasteiger partial charge is 0.496 e.